The van der Waals surface area contributed by atoms with Crippen LogP contribution in [0.5, 0.6) is 0 Å². The summed E-state index contributed by atoms with van der Waals surface area (Å²) >= 11 is 0. The molecule has 0 radical (unpaired) electrons. The molecular formula is C23H29N3O3S. The highest BCUT2D eigenvalue weighted by atomic mass is 32.2. The first-order valence-corrected chi connectivity index (χ1v) is 11.0. The number of likely N-dealkylation sites (N-methyl/N-ethyl adjacent to an activating group) is 2. The molecule has 1 aliphatic rings. The van der Waals surface area contributed by atoms with Gasteiger partial charge in [0.05, 0.1) is 10.6 Å². The van der Waals surface area contributed by atoms with Gasteiger partial charge >= 0.3 is 0 Å². The minimum atomic E-state index is -4.02. The number of benzene rings is 1. The predicted molar refractivity (Wildman–Crippen MR) is 122 cm³/mol. The molecule has 7 heteroatoms. The lowest BCUT2D eigenvalue weighted by Gasteiger charge is -2.31. The number of rotatable bonds is 5. The Morgan fingerprint density at radius 2 is 1.73 bits per heavy atom. The molecule has 1 aliphatic carbocycles. The van der Waals surface area contributed by atoms with Crippen molar-refractivity contribution < 1.29 is 13.0 Å². The molecule has 0 saturated heterocycles. The SMILES string of the molecule is CNC1(NC)C=CC(C=Cc2cccnc2C)=CC1.Cc1ccc(S(=O)(=O)O)cc1. The largest absolute Gasteiger partial charge is 0.299 e. The molecule has 3 rings (SSSR count). The summed E-state index contributed by atoms with van der Waals surface area (Å²) < 4.78 is 29.6. The second-order valence-electron chi connectivity index (χ2n) is 7.01. The van der Waals surface area contributed by atoms with Gasteiger partial charge in [-0.2, -0.15) is 8.42 Å². The van der Waals surface area contributed by atoms with Gasteiger partial charge in [0.1, 0.15) is 0 Å². The van der Waals surface area contributed by atoms with Gasteiger partial charge in [0.25, 0.3) is 10.1 Å². The fourth-order valence-corrected chi connectivity index (χ4v) is 3.32. The molecule has 0 fully saturated rings. The van der Waals surface area contributed by atoms with E-state index >= 15 is 0 Å². The summed E-state index contributed by atoms with van der Waals surface area (Å²) in [6.45, 7) is 3.87. The maximum atomic E-state index is 10.5. The maximum Gasteiger partial charge on any atom is 0.294 e. The summed E-state index contributed by atoms with van der Waals surface area (Å²) in [6.07, 6.45) is 13.5. The zero-order valence-corrected chi connectivity index (χ0v) is 18.6. The molecular weight excluding hydrogens is 398 g/mol. The van der Waals surface area contributed by atoms with E-state index < -0.39 is 10.1 Å². The zero-order chi connectivity index (χ0) is 22.2. The molecule has 0 bridgehead atoms. The number of pyridine rings is 1. The highest BCUT2D eigenvalue weighted by molar-refractivity contribution is 7.85. The van der Waals surface area contributed by atoms with Crippen molar-refractivity contribution in [3.05, 3.63) is 89.3 Å². The van der Waals surface area contributed by atoms with E-state index in [1.165, 1.54) is 17.7 Å². The maximum absolute atomic E-state index is 10.5. The summed E-state index contributed by atoms with van der Waals surface area (Å²) in [5.74, 6) is 0. The second kappa shape index (κ2) is 10.4. The number of allylic oxidation sites excluding steroid dienone is 3. The van der Waals surface area contributed by atoms with Crippen LogP contribution in [0.15, 0.2) is 77.4 Å². The summed E-state index contributed by atoms with van der Waals surface area (Å²) in [6, 6.07) is 10.0. The van der Waals surface area contributed by atoms with Crippen LogP contribution in [0, 0.1) is 13.8 Å². The van der Waals surface area contributed by atoms with Crippen molar-refractivity contribution in [2.75, 3.05) is 14.1 Å². The Morgan fingerprint density at radius 3 is 2.23 bits per heavy atom. The number of aryl methyl sites for hydroxylation is 2. The van der Waals surface area contributed by atoms with E-state index in [1.54, 1.807) is 12.1 Å². The molecule has 0 spiro atoms. The first-order chi connectivity index (χ1) is 14.2. The lowest BCUT2D eigenvalue weighted by Crippen LogP contribution is -2.52. The molecule has 0 atom stereocenters. The van der Waals surface area contributed by atoms with Gasteiger partial charge in [-0.15, -0.1) is 0 Å². The van der Waals surface area contributed by atoms with Gasteiger partial charge in [-0.3, -0.25) is 20.2 Å². The lowest BCUT2D eigenvalue weighted by atomic mass is 9.96. The van der Waals surface area contributed by atoms with Crippen LogP contribution < -0.4 is 10.6 Å². The zero-order valence-electron chi connectivity index (χ0n) is 17.8. The molecule has 3 N–H and O–H groups in total. The molecule has 1 aromatic heterocycles. The lowest BCUT2D eigenvalue weighted by molar-refractivity contribution is 0.376. The summed E-state index contributed by atoms with van der Waals surface area (Å²) in [5, 5.41) is 6.59. The van der Waals surface area contributed by atoms with Crippen molar-refractivity contribution in [1.29, 1.82) is 0 Å². The van der Waals surface area contributed by atoms with Gasteiger partial charge in [-0.25, -0.2) is 0 Å². The fourth-order valence-electron chi connectivity index (χ4n) is 2.84. The topological polar surface area (TPSA) is 91.3 Å². The number of hydrogen-bond donors (Lipinski definition) is 3. The average molecular weight is 428 g/mol. The Bertz CT molecular complexity index is 1040. The smallest absolute Gasteiger partial charge is 0.294 e. The van der Waals surface area contributed by atoms with Gasteiger partial charge in [-0.1, -0.05) is 48.1 Å². The molecule has 0 aliphatic heterocycles. The van der Waals surface area contributed by atoms with Crippen LogP contribution in [0.1, 0.15) is 23.2 Å². The van der Waals surface area contributed by atoms with Crippen molar-refractivity contribution in [2.45, 2.75) is 30.8 Å². The van der Waals surface area contributed by atoms with Crippen molar-refractivity contribution >= 4 is 16.2 Å². The first-order valence-electron chi connectivity index (χ1n) is 9.60. The normalized spacial score (nSPS) is 15.4. The van der Waals surface area contributed by atoms with Gasteiger partial charge in [0.15, 0.2) is 0 Å². The Morgan fingerprint density at radius 1 is 1.07 bits per heavy atom. The van der Waals surface area contributed by atoms with E-state index in [4.69, 9.17) is 4.55 Å². The minimum absolute atomic E-state index is 0.0666. The van der Waals surface area contributed by atoms with Crippen LogP contribution in [0.4, 0.5) is 0 Å². The molecule has 30 heavy (non-hydrogen) atoms. The van der Waals surface area contributed by atoms with Gasteiger partial charge in [0.2, 0.25) is 0 Å². The standard InChI is InChI=1S/C16H21N3.C7H8O3S/c1-13-15(5-4-12-19-13)7-6-14-8-10-16(17-2,18-3)11-9-14;1-6-2-4-7(5-3-6)11(8,9)10/h4-10,12,17-18H,11H2,1-3H3;2-5H,1H3,(H,8,9,10). The number of hydrogen-bond acceptors (Lipinski definition) is 5. The molecule has 0 unspecified atom stereocenters. The summed E-state index contributed by atoms with van der Waals surface area (Å²) in [5.41, 5.74) is 4.29. The van der Waals surface area contributed by atoms with Crippen LogP contribution in [-0.2, 0) is 10.1 Å². The quantitative estimate of drug-likeness (QED) is 0.498. The minimum Gasteiger partial charge on any atom is -0.299 e. The van der Waals surface area contributed by atoms with Crippen LogP contribution in [-0.4, -0.2) is 37.7 Å². The third-order valence-electron chi connectivity index (χ3n) is 4.93. The fraction of sp³-hybridized carbons (Fsp3) is 0.261. The number of nitrogens with one attached hydrogen (secondary N) is 2. The number of aromatic nitrogens is 1. The summed E-state index contributed by atoms with van der Waals surface area (Å²) in [7, 11) is -0.0860. The molecule has 0 saturated carbocycles. The Kier molecular flexibility index (Phi) is 8.25. The highest BCUT2D eigenvalue weighted by Gasteiger charge is 2.22. The van der Waals surface area contributed by atoms with Crippen molar-refractivity contribution in [2.24, 2.45) is 0 Å². The van der Waals surface area contributed by atoms with Gasteiger partial charge in [0, 0.05) is 18.3 Å². The van der Waals surface area contributed by atoms with E-state index in [2.05, 4.69) is 52.1 Å². The van der Waals surface area contributed by atoms with E-state index in [-0.39, 0.29) is 10.6 Å². The van der Waals surface area contributed by atoms with E-state index in [0.29, 0.717) is 0 Å². The Balaban J connectivity index is 0.000000248. The molecule has 0 amide bonds. The van der Waals surface area contributed by atoms with Crippen LogP contribution in [0.2, 0.25) is 0 Å². The Hall–Kier alpha value is -2.58. The number of nitrogens with zero attached hydrogens (tertiary/aromatic N) is 1. The van der Waals surface area contributed by atoms with Crippen LogP contribution in [0.3, 0.4) is 0 Å². The third kappa shape index (κ3) is 6.74. The van der Waals surface area contributed by atoms with E-state index in [0.717, 1.165) is 23.2 Å². The van der Waals surface area contributed by atoms with Gasteiger partial charge in [-0.05, 0) is 63.4 Å². The molecule has 6 nitrogen and oxygen atoms in total. The van der Waals surface area contributed by atoms with Crippen LogP contribution >= 0.6 is 0 Å². The van der Waals surface area contributed by atoms with E-state index in [9.17, 15) is 8.42 Å². The monoisotopic (exact) mass is 427 g/mol. The third-order valence-corrected chi connectivity index (χ3v) is 5.80. The molecule has 160 valence electrons. The van der Waals surface area contributed by atoms with Crippen molar-refractivity contribution in [3.63, 3.8) is 0 Å². The van der Waals surface area contributed by atoms with Crippen molar-refractivity contribution in [1.82, 2.24) is 15.6 Å². The molecule has 1 heterocycles. The Labute approximate surface area is 179 Å². The summed E-state index contributed by atoms with van der Waals surface area (Å²) in [4.78, 5) is 4.22. The van der Waals surface area contributed by atoms with Crippen LogP contribution in [0.25, 0.3) is 6.08 Å². The molecule has 1 aromatic carbocycles. The first kappa shape index (κ1) is 23.7. The van der Waals surface area contributed by atoms with Crippen molar-refractivity contribution in [3.8, 4) is 0 Å². The average Bonchev–Trinajstić information content (AvgIpc) is 2.74. The van der Waals surface area contributed by atoms with E-state index in [1.807, 2.05) is 40.2 Å². The predicted octanol–water partition coefficient (Wildman–Crippen LogP) is 3.67. The van der Waals surface area contributed by atoms with Gasteiger partial charge < -0.3 is 0 Å². The highest BCUT2D eigenvalue weighted by Crippen LogP contribution is 2.19. The second-order valence-corrected chi connectivity index (χ2v) is 8.43. The molecule has 2 aromatic rings.